The van der Waals surface area contributed by atoms with Crippen LogP contribution < -0.4 is 10.6 Å². The van der Waals surface area contributed by atoms with E-state index >= 15 is 0 Å². The molecule has 2 N–H and O–H groups in total. The minimum Gasteiger partial charge on any atom is -0.324 e. The maximum absolute atomic E-state index is 12.9. The third-order valence-corrected chi connectivity index (χ3v) is 6.94. The van der Waals surface area contributed by atoms with E-state index in [2.05, 4.69) is 20.8 Å². The van der Waals surface area contributed by atoms with E-state index in [-0.39, 0.29) is 22.9 Å². The third-order valence-electron chi connectivity index (χ3n) is 5.62. The monoisotopic (exact) mass is 469 g/mol. The van der Waals surface area contributed by atoms with E-state index < -0.39 is 0 Å². The van der Waals surface area contributed by atoms with Crippen LogP contribution in [0.2, 0.25) is 5.02 Å². The van der Waals surface area contributed by atoms with Crippen LogP contribution in [0.3, 0.4) is 0 Å². The van der Waals surface area contributed by atoms with Crippen molar-refractivity contribution in [2.24, 2.45) is 0 Å². The lowest BCUT2D eigenvalue weighted by Gasteiger charge is -2.31. The van der Waals surface area contributed by atoms with Crippen molar-refractivity contribution >= 4 is 46.3 Å². The number of halogens is 1. The molecule has 32 heavy (non-hydrogen) atoms. The fraction of sp³-hybridized carbons (Fsp3) is 0.304. The molecule has 0 radical (unpaired) electrons. The molecule has 0 saturated carbocycles. The van der Waals surface area contributed by atoms with Crippen LogP contribution in [0.4, 0.5) is 16.2 Å². The molecular weight excluding hydrogens is 446 g/mol. The summed E-state index contributed by atoms with van der Waals surface area (Å²) < 4.78 is 0. The van der Waals surface area contributed by atoms with Crippen LogP contribution in [0.15, 0.2) is 42.5 Å². The summed E-state index contributed by atoms with van der Waals surface area (Å²) in [6.45, 7) is 5.26. The van der Waals surface area contributed by atoms with Crippen molar-refractivity contribution in [2.75, 3.05) is 23.7 Å². The average Bonchev–Trinajstić information content (AvgIpc) is 3.28. The Kier molecular flexibility index (Phi) is 6.72. The Balaban J connectivity index is 1.40. The molecule has 7 nitrogen and oxygen atoms in total. The number of hydrogen-bond donors (Lipinski definition) is 2. The fourth-order valence-corrected chi connectivity index (χ4v) is 4.74. The van der Waals surface area contributed by atoms with E-state index in [0.29, 0.717) is 23.8 Å². The zero-order chi connectivity index (χ0) is 22.7. The van der Waals surface area contributed by atoms with Crippen LogP contribution in [0.5, 0.6) is 0 Å². The second kappa shape index (κ2) is 9.67. The Morgan fingerprint density at radius 3 is 2.75 bits per heavy atom. The Morgan fingerprint density at radius 2 is 1.94 bits per heavy atom. The topological polar surface area (TPSA) is 87.2 Å². The highest BCUT2D eigenvalue weighted by atomic mass is 35.5. The normalized spacial score (nSPS) is 16.0. The number of amides is 3. The molecule has 1 saturated heterocycles. The van der Waals surface area contributed by atoms with E-state index in [9.17, 15) is 9.59 Å². The van der Waals surface area contributed by atoms with Crippen molar-refractivity contribution < 1.29 is 9.59 Å². The second-order valence-corrected chi connectivity index (χ2v) is 9.32. The van der Waals surface area contributed by atoms with Crippen molar-refractivity contribution in [3.05, 3.63) is 68.6 Å². The van der Waals surface area contributed by atoms with Gasteiger partial charge < -0.3 is 15.5 Å². The minimum atomic E-state index is -0.323. The minimum absolute atomic E-state index is 0.0540. The number of aryl methyl sites for hydroxylation is 1. The first kappa shape index (κ1) is 22.2. The largest absolute Gasteiger partial charge is 0.324 e. The summed E-state index contributed by atoms with van der Waals surface area (Å²) in [4.78, 5) is 27.2. The van der Waals surface area contributed by atoms with Gasteiger partial charge in [-0.3, -0.25) is 4.79 Å². The Bertz CT molecular complexity index is 1150. The number of piperidine rings is 1. The van der Waals surface area contributed by atoms with Crippen molar-refractivity contribution in [1.82, 2.24) is 15.1 Å². The number of benzene rings is 2. The van der Waals surface area contributed by atoms with Gasteiger partial charge in [-0.05, 0) is 62.1 Å². The molecule has 1 aromatic heterocycles. The van der Waals surface area contributed by atoms with Crippen LogP contribution in [0, 0.1) is 13.8 Å². The summed E-state index contributed by atoms with van der Waals surface area (Å²) in [5.41, 5.74) is 3.63. The standard InChI is InChI=1S/C23H24ClN5O2S/c1-14-6-3-10-19(15(14)2)26-23(31)29-11-5-7-16(13-29)21-27-28-22(32-21)20(30)25-18-9-4-8-17(24)12-18/h3-4,6,8-10,12,16H,5,7,11,13H2,1-2H3,(H,25,30)(H,26,31)/t16-/m0/s1. The molecule has 1 fully saturated rings. The van der Waals surface area contributed by atoms with Crippen molar-refractivity contribution in [1.29, 1.82) is 0 Å². The lowest BCUT2D eigenvalue weighted by atomic mass is 9.99. The summed E-state index contributed by atoms with van der Waals surface area (Å²) in [5.74, 6) is -0.269. The van der Waals surface area contributed by atoms with Crippen LogP contribution in [-0.4, -0.2) is 40.1 Å². The van der Waals surface area contributed by atoms with Crippen LogP contribution in [0.25, 0.3) is 0 Å². The molecule has 3 aromatic rings. The zero-order valence-electron chi connectivity index (χ0n) is 17.9. The summed E-state index contributed by atoms with van der Waals surface area (Å²) in [5, 5.41) is 15.7. The van der Waals surface area contributed by atoms with E-state index in [1.54, 1.807) is 24.3 Å². The number of rotatable bonds is 4. The maximum Gasteiger partial charge on any atom is 0.321 e. The highest BCUT2D eigenvalue weighted by Gasteiger charge is 2.28. The summed E-state index contributed by atoms with van der Waals surface area (Å²) in [6.07, 6.45) is 1.77. The van der Waals surface area contributed by atoms with Gasteiger partial charge in [-0.2, -0.15) is 0 Å². The van der Waals surface area contributed by atoms with Crippen LogP contribution >= 0.6 is 22.9 Å². The first-order valence-electron chi connectivity index (χ1n) is 10.4. The SMILES string of the molecule is Cc1cccc(NC(=O)N2CCC[C@H](c3nnc(C(=O)Nc4cccc(Cl)c4)s3)C2)c1C. The molecule has 9 heteroatoms. The predicted molar refractivity (Wildman–Crippen MR) is 128 cm³/mol. The maximum atomic E-state index is 12.9. The Labute approximate surface area is 195 Å². The number of likely N-dealkylation sites (tertiary alicyclic amines) is 1. The van der Waals surface area contributed by atoms with E-state index in [1.165, 1.54) is 11.3 Å². The molecule has 2 aromatic carbocycles. The Morgan fingerprint density at radius 1 is 1.12 bits per heavy atom. The van der Waals surface area contributed by atoms with Crippen LogP contribution in [-0.2, 0) is 0 Å². The number of carbonyl (C=O) groups excluding carboxylic acids is 2. The molecule has 1 aliphatic rings. The number of aromatic nitrogens is 2. The highest BCUT2D eigenvalue weighted by Crippen LogP contribution is 2.30. The summed E-state index contributed by atoms with van der Waals surface area (Å²) in [6, 6.07) is 12.7. The average molecular weight is 470 g/mol. The molecular formula is C23H24ClN5O2S. The highest BCUT2D eigenvalue weighted by molar-refractivity contribution is 7.13. The molecule has 0 bridgehead atoms. The van der Waals surface area contributed by atoms with Gasteiger partial charge in [0.1, 0.15) is 5.01 Å². The van der Waals surface area contributed by atoms with Crippen LogP contribution in [0.1, 0.15) is 44.7 Å². The van der Waals surface area contributed by atoms with E-state index in [4.69, 9.17) is 11.6 Å². The van der Waals surface area contributed by atoms with E-state index in [1.807, 2.05) is 36.9 Å². The number of nitrogens with zero attached hydrogens (tertiary/aromatic N) is 3. The summed E-state index contributed by atoms with van der Waals surface area (Å²) >= 11 is 7.24. The number of carbonyl (C=O) groups is 2. The first-order chi connectivity index (χ1) is 15.4. The smallest absolute Gasteiger partial charge is 0.321 e. The lowest BCUT2D eigenvalue weighted by molar-refractivity contribution is 0.102. The zero-order valence-corrected chi connectivity index (χ0v) is 19.5. The number of hydrogen-bond acceptors (Lipinski definition) is 5. The van der Waals surface area contributed by atoms with Crippen molar-refractivity contribution in [3.63, 3.8) is 0 Å². The third kappa shape index (κ3) is 5.08. The molecule has 1 atom stereocenters. The second-order valence-electron chi connectivity index (χ2n) is 7.87. The molecule has 2 heterocycles. The number of urea groups is 1. The van der Waals surface area contributed by atoms with Gasteiger partial charge in [0.15, 0.2) is 0 Å². The molecule has 4 rings (SSSR count). The van der Waals surface area contributed by atoms with Crippen molar-refractivity contribution in [3.8, 4) is 0 Å². The molecule has 0 unspecified atom stereocenters. The van der Waals surface area contributed by atoms with Gasteiger partial charge in [0, 0.05) is 35.4 Å². The van der Waals surface area contributed by atoms with Gasteiger partial charge in [0.05, 0.1) is 0 Å². The van der Waals surface area contributed by atoms with Gasteiger partial charge in [0.25, 0.3) is 5.91 Å². The Hall–Kier alpha value is -2.97. The molecule has 1 aliphatic heterocycles. The predicted octanol–water partition coefficient (Wildman–Crippen LogP) is 5.47. The fourth-order valence-electron chi connectivity index (χ4n) is 3.69. The first-order valence-corrected chi connectivity index (χ1v) is 11.6. The number of nitrogens with one attached hydrogen (secondary N) is 2. The molecule has 0 spiro atoms. The molecule has 166 valence electrons. The quantitative estimate of drug-likeness (QED) is 0.530. The van der Waals surface area contributed by atoms with Gasteiger partial charge in [-0.25, -0.2) is 4.79 Å². The number of anilines is 2. The molecule has 0 aliphatic carbocycles. The van der Waals surface area contributed by atoms with Crippen molar-refractivity contribution in [2.45, 2.75) is 32.6 Å². The van der Waals surface area contributed by atoms with E-state index in [0.717, 1.165) is 34.7 Å². The van der Waals surface area contributed by atoms with Gasteiger partial charge in [-0.1, -0.05) is 41.1 Å². The van der Waals surface area contributed by atoms with Gasteiger partial charge in [0.2, 0.25) is 5.01 Å². The van der Waals surface area contributed by atoms with Gasteiger partial charge >= 0.3 is 6.03 Å². The summed E-state index contributed by atoms with van der Waals surface area (Å²) in [7, 11) is 0. The molecule has 3 amide bonds. The van der Waals surface area contributed by atoms with Gasteiger partial charge in [-0.15, -0.1) is 10.2 Å². The lowest BCUT2D eigenvalue weighted by Crippen LogP contribution is -2.41.